The topological polar surface area (TPSA) is 77.8 Å². The molecule has 22 heavy (non-hydrogen) atoms. The van der Waals surface area contributed by atoms with Crippen molar-refractivity contribution in [1.29, 1.82) is 0 Å². The molecule has 1 aromatic carbocycles. The van der Waals surface area contributed by atoms with Crippen molar-refractivity contribution in [2.75, 3.05) is 11.5 Å². The third-order valence-corrected chi connectivity index (χ3v) is 3.66. The van der Waals surface area contributed by atoms with Gasteiger partial charge < -0.3 is 11.5 Å². The molecule has 114 valence electrons. The summed E-state index contributed by atoms with van der Waals surface area (Å²) in [6, 6.07) is 5.38. The molecule has 2 rings (SSSR count). The van der Waals surface area contributed by atoms with Crippen molar-refractivity contribution in [2.45, 2.75) is 26.2 Å². The minimum atomic E-state index is -0.463. The van der Waals surface area contributed by atoms with Crippen LogP contribution >= 0.6 is 23.2 Å². The molecule has 0 bridgehead atoms. The van der Waals surface area contributed by atoms with E-state index in [2.05, 4.69) is 21.8 Å². The molecule has 0 saturated heterocycles. The van der Waals surface area contributed by atoms with Gasteiger partial charge in [-0.15, -0.1) is 0 Å². The van der Waals surface area contributed by atoms with E-state index in [1.54, 1.807) is 13.0 Å². The van der Waals surface area contributed by atoms with Crippen molar-refractivity contribution in [3.63, 3.8) is 0 Å². The monoisotopic (exact) mass is 334 g/mol. The average molecular weight is 335 g/mol. The predicted octanol–water partition coefficient (Wildman–Crippen LogP) is 3.59. The molecule has 4 N–H and O–H groups in total. The Bertz CT molecular complexity index is 745. The van der Waals surface area contributed by atoms with Crippen molar-refractivity contribution >= 4 is 35.0 Å². The molecule has 0 spiro atoms. The van der Waals surface area contributed by atoms with Gasteiger partial charge in [0.05, 0.1) is 16.7 Å². The molecule has 0 unspecified atom stereocenters. The van der Waals surface area contributed by atoms with Gasteiger partial charge in [0.25, 0.3) is 0 Å². The van der Waals surface area contributed by atoms with Crippen LogP contribution in [-0.2, 0) is 5.41 Å². The summed E-state index contributed by atoms with van der Waals surface area (Å²) in [6.45, 7) is 5.75. The number of hydrogen-bond acceptors (Lipinski definition) is 4. The van der Waals surface area contributed by atoms with E-state index in [4.69, 9.17) is 34.7 Å². The summed E-state index contributed by atoms with van der Waals surface area (Å²) < 4.78 is 0. The van der Waals surface area contributed by atoms with Crippen molar-refractivity contribution < 1.29 is 0 Å². The fourth-order valence-electron chi connectivity index (χ4n) is 1.98. The van der Waals surface area contributed by atoms with Crippen LogP contribution < -0.4 is 11.5 Å². The molecule has 2 aromatic rings. The fraction of sp³-hybridized carbons (Fsp3) is 0.250. The van der Waals surface area contributed by atoms with Crippen LogP contribution in [0.3, 0.4) is 0 Å². The Labute approximate surface area is 139 Å². The Morgan fingerprint density at radius 1 is 1.05 bits per heavy atom. The number of halogens is 2. The van der Waals surface area contributed by atoms with Gasteiger partial charge in [-0.05, 0) is 44.5 Å². The smallest absolute Gasteiger partial charge is 0.222 e. The second-order valence-electron chi connectivity index (χ2n) is 5.46. The highest BCUT2D eigenvalue weighted by molar-refractivity contribution is 6.34. The molecule has 1 aromatic heterocycles. The maximum absolute atomic E-state index is 6.05. The second-order valence-corrected chi connectivity index (χ2v) is 6.33. The Balaban J connectivity index is 2.46. The number of nitrogens with two attached hydrogens (primary N) is 2. The van der Waals surface area contributed by atoms with E-state index < -0.39 is 5.41 Å². The number of aryl methyl sites for hydroxylation is 1. The second kappa shape index (κ2) is 6.04. The first-order valence-electron chi connectivity index (χ1n) is 6.58. The maximum Gasteiger partial charge on any atom is 0.222 e. The first-order valence-corrected chi connectivity index (χ1v) is 7.34. The average Bonchev–Trinajstić information content (AvgIpc) is 2.36. The largest absolute Gasteiger partial charge is 0.382 e. The lowest BCUT2D eigenvalue weighted by Crippen LogP contribution is -2.14. The molecule has 0 fully saturated rings. The van der Waals surface area contributed by atoms with Crippen LogP contribution in [-0.4, -0.2) is 9.97 Å². The summed E-state index contributed by atoms with van der Waals surface area (Å²) in [7, 11) is 0. The quantitative estimate of drug-likeness (QED) is 0.781. The number of anilines is 2. The summed E-state index contributed by atoms with van der Waals surface area (Å²) in [6.07, 6.45) is 0. The lowest BCUT2D eigenvalue weighted by Gasteiger charge is -2.19. The van der Waals surface area contributed by atoms with Crippen LogP contribution in [0, 0.1) is 18.8 Å². The number of benzene rings is 1. The van der Waals surface area contributed by atoms with Crippen LogP contribution in [0.2, 0.25) is 10.0 Å². The van der Waals surface area contributed by atoms with Crippen LogP contribution in [0.5, 0.6) is 0 Å². The SMILES string of the molecule is Cc1nc(N)nc(N)c1C#CC(C)(C)c1cc(Cl)cc(Cl)c1. The number of nitrogens with zero attached hydrogens (tertiary/aromatic N) is 2. The third kappa shape index (κ3) is 3.62. The molecule has 0 atom stereocenters. The van der Waals surface area contributed by atoms with Gasteiger partial charge in [0.15, 0.2) is 0 Å². The van der Waals surface area contributed by atoms with Gasteiger partial charge in [-0.2, -0.15) is 4.98 Å². The lowest BCUT2D eigenvalue weighted by atomic mass is 9.85. The summed E-state index contributed by atoms with van der Waals surface area (Å²) in [5, 5.41) is 1.15. The van der Waals surface area contributed by atoms with Gasteiger partial charge in [-0.3, -0.25) is 0 Å². The van der Waals surface area contributed by atoms with Crippen LogP contribution in [0.15, 0.2) is 18.2 Å². The van der Waals surface area contributed by atoms with Crippen LogP contribution in [0.4, 0.5) is 11.8 Å². The van der Waals surface area contributed by atoms with Gasteiger partial charge in [-0.1, -0.05) is 35.0 Å². The molecule has 6 heteroatoms. The molecule has 0 aliphatic heterocycles. The molecule has 0 aliphatic carbocycles. The zero-order chi connectivity index (χ0) is 16.5. The Morgan fingerprint density at radius 2 is 1.64 bits per heavy atom. The van der Waals surface area contributed by atoms with E-state index in [0.717, 1.165) is 5.56 Å². The highest BCUT2D eigenvalue weighted by atomic mass is 35.5. The normalized spacial score (nSPS) is 11.0. The first-order chi connectivity index (χ1) is 10.2. The van der Waals surface area contributed by atoms with E-state index >= 15 is 0 Å². The lowest BCUT2D eigenvalue weighted by molar-refractivity contribution is 0.698. The van der Waals surface area contributed by atoms with Crippen molar-refractivity contribution in [3.05, 3.63) is 45.1 Å². The van der Waals surface area contributed by atoms with Crippen molar-refractivity contribution in [1.82, 2.24) is 9.97 Å². The number of hydrogen-bond donors (Lipinski definition) is 2. The van der Waals surface area contributed by atoms with Crippen LogP contribution in [0.1, 0.15) is 30.7 Å². The summed E-state index contributed by atoms with van der Waals surface area (Å²) >= 11 is 12.1. The zero-order valence-corrected chi connectivity index (χ0v) is 14.0. The van der Waals surface area contributed by atoms with Gasteiger partial charge in [0, 0.05) is 10.0 Å². The van der Waals surface area contributed by atoms with E-state index in [9.17, 15) is 0 Å². The number of rotatable bonds is 1. The van der Waals surface area contributed by atoms with Gasteiger partial charge in [0.1, 0.15) is 5.82 Å². The third-order valence-electron chi connectivity index (χ3n) is 3.22. The predicted molar refractivity (Wildman–Crippen MR) is 92.0 cm³/mol. The van der Waals surface area contributed by atoms with E-state index in [1.165, 1.54) is 0 Å². The Kier molecular flexibility index (Phi) is 4.50. The van der Waals surface area contributed by atoms with Gasteiger partial charge >= 0.3 is 0 Å². The van der Waals surface area contributed by atoms with Gasteiger partial charge in [0.2, 0.25) is 5.95 Å². The highest BCUT2D eigenvalue weighted by Gasteiger charge is 2.19. The Morgan fingerprint density at radius 3 is 2.18 bits per heavy atom. The standard InChI is InChI=1S/C16H16Cl2N4/c1-9-13(14(19)22-15(20)21-9)4-5-16(2,3)10-6-11(17)8-12(18)7-10/h6-8H,1-3H3,(H4,19,20,21,22). The van der Waals surface area contributed by atoms with Crippen molar-refractivity contribution in [2.24, 2.45) is 0 Å². The molecular weight excluding hydrogens is 319 g/mol. The van der Waals surface area contributed by atoms with Crippen LogP contribution in [0.25, 0.3) is 0 Å². The zero-order valence-electron chi connectivity index (χ0n) is 12.5. The summed E-state index contributed by atoms with van der Waals surface area (Å²) in [4.78, 5) is 8.01. The van der Waals surface area contributed by atoms with E-state index in [1.807, 2.05) is 26.0 Å². The summed E-state index contributed by atoms with van der Waals surface area (Å²) in [5.74, 6) is 6.64. The molecule has 0 amide bonds. The molecule has 0 radical (unpaired) electrons. The highest BCUT2D eigenvalue weighted by Crippen LogP contribution is 2.29. The first kappa shape index (κ1) is 16.4. The minimum Gasteiger partial charge on any atom is -0.382 e. The minimum absolute atomic E-state index is 0.140. The Hall–Kier alpha value is -1.96. The van der Waals surface area contributed by atoms with E-state index in [-0.39, 0.29) is 11.8 Å². The van der Waals surface area contributed by atoms with Crippen molar-refractivity contribution in [3.8, 4) is 11.8 Å². The van der Waals surface area contributed by atoms with Gasteiger partial charge in [-0.25, -0.2) is 4.98 Å². The molecule has 4 nitrogen and oxygen atoms in total. The molecule has 1 heterocycles. The maximum atomic E-state index is 6.05. The number of nitrogen functional groups attached to an aromatic ring is 2. The fourth-order valence-corrected chi connectivity index (χ4v) is 2.50. The summed E-state index contributed by atoms with van der Waals surface area (Å²) in [5.41, 5.74) is 13.1. The molecule has 0 saturated carbocycles. The molecular formula is C16H16Cl2N4. The molecule has 0 aliphatic rings. The van der Waals surface area contributed by atoms with E-state index in [0.29, 0.717) is 21.3 Å². The number of aromatic nitrogens is 2.